The lowest BCUT2D eigenvalue weighted by Crippen LogP contribution is -2.46. The third kappa shape index (κ3) is 3.14. The molecule has 1 saturated heterocycles. The minimum atomic E-state index is -1.04. The van der Waals surface area contributed by atoms with Gasteiger partial charge in [0.15, 0.2) is 0 Å². The number of carboxylic acids is 1. The van der Waals surface area contributed by atoms with Gasteiger partial charge in [-0.25, -0.2) is 4.79 Å². The van der Waals surface area contributed by atoms with Crippen LogP contribution in [0.25, 0.3) is 0 Å². The van der Waals surface area contributed by atoms with Gasteiger partial charge in [0, 0.05) is 18.8 Å². The number of aromatic nitrogens is 1. The molecular formula is C14H19N3O3. The molecule has 1 aliphatic rings. The number of carboxylic acid groups (broad SMARTS) is 1. The highest BCUT2D eigenvalue weighted by Gasteiger charge is 2.25. The van der Waals surface area contributed by atoms with Gasteiger partial charge in [0.05, 0.1) is 5.56 Å². The second-order valence-electron chi connectivity index (χ2n) is 4.81. The van der Waals surface area contributed by atoms with Crippen LogP contribution in [0.5, 0.6) is 0 Å². The van der Waals surface area contributed by atoms with E-state index in [0.29, 0.717) is 12.2 Å². The van der Waals surface area contributed by atoms with E-state index in [1.807, 2.05) is 11.8 Å². The van der Waals surface area contributed by atoms with E-state index in [2.05, 4.69) is 10.3 Å². The molecule has 0 atom stereocenters. The van der Waals surface area contributed by atoms with E-state index in [4.69, 9.17) is 5.11 Å². The zero-order chi connectivity index (χ0) is 14.5. The minimum Gasteiger partial charge on any atom is -0.478 e. The molecule has 2 N–H and O–H groups in total. The first-order valence-corrected chi connectivity index (χ1v) is 6.84. The Kier molecular flexibility index (Phi) is 4.68. The molecular weight excluding hydrogens is 258 g/mol. The van der Waals surface area contributed by atoms with Crippen LogP contribution in [0.3, 0.4) is 0 Å². The monoisotopic (exact) mass is 277 g/mol. The lowest BCUT2D eigenvalue weighted by Gasteiger charge is -2.33. The Hall–Kier alpha value is -1.95. The largest absolute Gasteiger partial charge is 0.478 e. The fourth-order valence-electron chi connectivity index (χ4n) is 2.48. The summed E-state index contributed by atoms with van der Waals surface area (Å²) in [5.74, 6) is -1.17. The van der Waals surface area contributed by atoms with Crippen LogP contribution in [0, 0.1) is 0 Å². The molecule has 0 aliphatic carbocycles. The summed E-state index contributed by atoms with van der Waals surface area (Å²) in [6.45, 7) is 4.41. The molecule has 20 heavy (non-hydrogen) atoms. The molecule has 2 heterocycles. The number of pyridine rings is 1. The van der Waals surface area contributed by atoms with E-state index in [9.17, 15) is 9.59 Å². The van der Waals surface area contributed by atoms with Crippen molar-refractivity contribution >= 4 is 11.9 Å². The SMILES string of the molecule is CCN(C(=O)c1ccc(C(=O)O)cn1)C1CCNCC1. The number of rotatable bonds is 4. The highest BCUT2D eigenvalue weighted by Crippen LogP contribution is 2.15. The maximum absolute atomic E-state index is 12.5. The zero-order valence-corrected chi connectivity index (χ0v) is 11.5. The summed E-state index contributed by atoms with van der Waals surface area (Å²) in [6, 6.07) is 3.13. The van der Waals surface area contributed by atoms with E-state index in [1.54, 1.807) is 0 Å². The van der Waals surface area contributed by atoms with Crippen molar-refractivity contribution in [1.82, 2.24) is 15.2 Å². The lowest BCUT2D eigenvalue weighted by molar-refractivity contribution is 0.0645. The molecule has 0 bridgehead atoms. The number of nitrogens with one attached hydrogen (secondary N) is 1. The molecule has 2 rings (SSSR count). The van der Waals surface area contributed by atoms with Crippen molar-refractivity contribution in [2.75, 3.05) is 19.6 Å². The smallest absolute Gasteiger partial charge is 0.337 e. The topological polar surface area (TPSA) is 82.5 Å². The first-order valence-electron chi connectivity index (χ1n) is 6.84. The molecule has 0 radical (unpaired) electrons. The third-order valence-electron chi connectivity index (χ3n) is 3.58. The van der Waals surface area contributed by atoms with E-state index in [1.165, 1.54) is 18.3 Å². The normalized spacial score (nSPS) is 15.8. The van der Waals surface area contributed by atoms with Crippen molar-refractivity contribution in [2.24, 2.45) is 0 Å². The van der Waals surface area contributed by atoms with Crippen molar-refractivity contribution in [3.63, 3.8) is 0 Å². The van der Waals surface area contributed by atoms with Crippen LogP contribution in [-0.4, -0.2) is 52.5 Å². The van der Waals surface area contributed by atoms with Gasteiger partial charge in [-0.2, -0.15) is 0 Å². The van der Waals surface area contributed by atoms with Crippen LogP contribution >= 0.6 is 0 Å². The third-order valence-corrected chi connectivity index (χ3v) is 3.58. The summed E-state index contributed by atoms with van der Waals surface area (Å²) in [6.07, 6.45) is 3.10. The molecule has 6 heteroatoms. The number of piperidine rings is 1. The van der Waals surface area contributed by atoms with Gasteiger partial charge in [-0.15, -0.1) is 0 Å². The van der Waals surface area contributed by atoms with Crippen LogP contribution in [0.2, 0.25) is 0 Å². The number of carbonyl (C=O) groups excluding carboxylic acids is 1. The number of amides is 1. The van der Waals surface area contributed by atoms with Crippen LogP contribution in [0.15, 0.2) is 18.3 Å². The van der Waals surface area contributed by atoms with Crippen LogP contribution in [0.4, 0.5) is 0 Å². The van der Waals surface area contributed by atoms with E-state index >= 15 is 0 Å². The number of carbonyl (C=O) groups is 2. The number of hydrogen-bond acceptors (Lipinski definition) is 4. The summed E-state index contributed by atoms with van der Waals surface area (Å²) >= 11 is 0. The standard InChI is InChI=1S/C14H19N3O3/c1-2-17(11-5-7-15-8-6-11)13(18)12-4-3-10(9-16-12)14(19)20/h3-4,9,11,15H,2,5-8H2,1H3,(H,19,20). The summed E-state index contributed by atoms with van der Waals surface area (Å²) < 4.78 is 0. The second-order valence-corrected chi connectivity index (χ2v) is 4.81. The van der Waals surface area contributed by atoms with Crippen LogP contribution < -0.4 is 5.32 Å². The molecule has 1 aromatic rings. The number of nitrogens with zero attached hydrogens (tertiary/aromatic N) is 2. The van der Waals surface area contributed by atoms with Gasteiger partial charge in [0.2, 0.25) is 0 Å². The van der Waals surface area contributed by atoms with Crippen LogP contribution in [0.1, 0.15) is 40.6 Å². The highest BCUT2D eigenvalue weighted by molar-refractivity contribution is 5.94. The predicted octanol–water partition coefficient (Wildman–Crippen LogP) is 0.994. The Labute approximate surface area is 117 Å². The van der Waals surface area contributed by atoms with E-state index in [0.717, 1.165) is 25.9 Å². The number of hydrogen-bond donors (Lipinski definition) is 2. The zero-order valence-electron chi connectivity index (χ0n) is 11.5. The molecule has 1 aromatic heterocycles. The molecule has 0 saturated carbocycles. The highest BCUT2D eigenvalue weighted by atomic mass is 16.4. The Morgan fingerprint density at radius 2 is 2.10 bits per heavy atom. The first-order chi connectivity index (χ1) is 9.63. The molecule has 0 aromatic carbocycles. The average Bonchev–Trinajstić information content (AvgIpc) is 2.49. The van der Waals surface area contributed by atoms with E-state index < -0.39 is 5.97 Å². The molecule has 1 aliphatic heterocycles. The Bertz CT molecular complexity index is 481. The minimum absolute atomic E-state index is 0.0893. The van der Waals surface area contributed by atoms with Crippen molar-refractivity contribution in [3.8, 4) is 0 Å². The van der Waals surface area contributed by atoms with Gasteiger partial charge >= 0.3 is 5.97 Å². The summed E-state index contributed by atoms with van der Waals surface area (Å²) in [5.41, 5.74) is 0.391. The van der Waals surface area contributed by atoms with Crippen molar-refractivity contribution in [2.45, 2.75) is 25.8 Å². The fraction of sp³-hybridized carbons (Fsp3) is 0.500. The van der Waals surface area contributed by atoms with Crippen molar-refractivity contribution in [3.05, 3.63) is 29.6 Å². The Morgan fingerprint density at radius 3 is 2.60 bits per heavy atom. The van der Waals surface area contributed by atoms with Gasteiger partial charge in [-0.3, -0.25) is 9.78 Å². The van der Waals surface area contributed by atoms with Crippen LogP contribution in [-0.2, 0) is 0 Å². The molecule has 0 spiro atoms. The quantitative estimate of drug-likeness (QED) is 0.857. The molecule has 1 fully saturated rings. The molecule has 0 unspecified atom stereocenters. The summed E-state index contributed by atoms with van der Waals surface area (Å²) in [4.78, 5) is 29.0. The van der Waals surface area contributed by atoms with Gasteiger partial charge < -0.3 is 15.3 Å². The first kappa shape index (κ1) is 14.5. The Balaban J connectivity index is 2.13. The Morgan fingerprint density at radius 1 is 1.40 bits per heavy atom. The van der Waals surface area contributed by atoms with Gasteiger partial charge in [0.25, 0.3) is 5.91 Å². The van der Waals surface area contributed by atoms with Crippen molar-refractivity contribution < 1.29 is 14.7 Å². The van der Waals surface area contributed by atoms with Crippen molar-refractivity contribution in [1.29, 1.82) is 0 Å². The molecule has 1 amide bonds. The summed E-state index contributed by atoms with van der Waals surface area (Å²) in [7, 11) is 0. The van der Waals surface area contributed by atoms with E-state index in [-0.39, 0.29) is 17.5 Å². The van der Waals surface area contributed by atoms with Gasteiger partial charge in [-0.1, -0.05) is 0 Å². The molecule has 108 valence electrons. The predicted molar refractivity (Wildman–Crippen MR) is 73.8 cm³/mol. The maximum atomic E-state index is 12.5. The lowest BCUT2D eigenvalue weighted by atomic mass is 10.0. The van der Waals surface area contributed by atoms with Gasteiger partial charge in [-0.05, 0) is 45.0 Å². The van der Waals surface area contributed by atoms with Gasteiger partial charge in [0.1, 0.15) is 5.69 Å². The second kappa shape index (κ2) is 6.47. The molecule has 6 nitrogen and oxygen atoms in total. The summed E-state index contributed by atoms with van der Waals surface area (Å²) in [5, 5.41) is 12.1. The maximum Gasteiger partial charge on any atom is 0.337 e. The fourth-order valence-corrected chi connectivity index (χ4v) is 2.48. The average molecular weight is 277 g/mol. The number of aromatic carboxylic acids is 1.